The van der Waals surface area contributed by atoms with Crippen LogP contribution >= 0.6 is 0 Å². The first-order valence-electron chi connectivity index (χ1n) is 11.8. The van der Waals surface area contributed by atoms with Crippen LogP contribution in [0.15, 0.2) is 66.0 Å². The Labute approximate surface area is 206 Å². The van der Waals surface area contributed by atoms with Gasteiger partial charge < -0.3 is 14.8 Å². The minimum Gasteiger partial charge on any atom is -0.361 e. The highest BCUT2D eigenvalue weighted by Crippen LogP contribution is 2.29. The number of benzene rings is 2. The van der Waals surface area contributed by atoms with E-state index < -0.39 is 17.3 Å². The molecular weight excluding hydrogens is 466 g/mol. The minimum atomic E-state index is -1.05. The van der Waals surface area contributed by atoms with Crippen LogP contribution in [0.25, 0.3) is 11.3 Å². The van der Waals surface area contributed by atoms with E-state index in [0.29, 0.717) is 26.1 Å². The third-order valence-corrected chi connectivity index (χ3v) is 6.45. The number of nitrogens with zero attached hydrogens (tertiary/aromatic N) is 4. The lowest BCUT2D eigenvalue weighted by Gasteiger charge is -2.29. The number of carbonyl (C=O) groups excluding carboxylic acids is 1. The van der Waals surface area contributed by atoms with Gasteiger partial charge in [0.1, 0.15) is 5.82 Å². The van der Waals surface area contributed by atoms with Gasteiger partial charge >= 0.3 is 5.69 Å². The highest BCUT2D eigenvalue weighted by Gasteiger charge is 2.23. The zero-order chi connectivity index (χ0) is 25.1. The van der Waals surface area contributed by atoms with Gasteiger partial charge in [-0.15, -0.1) is 0 Å². The Morgan fingerprint density at radius 1 is 1.08 bits per heavy atom. The number of imidazole rings is 2. The number of anilines is 1. The summed E-state index contributed by atoms with van der Waals surface area (Å²) in [5.74, 6) is -2.04. The third kappa shape index (κ3) is 4.79. The second-order valence-electron chi connectivity index (χ2n) is 8.75. The van der Waals surface area contributed by atoms with Crippen LogP contribution in [0.2, 0.25) is 0 Å². The zero-order valence-corrected chi connectivity index (χ0v) is 19.6. The van der Waals surface area contributed by atoms with Gasteiger partial charge in [0, 0.05) is 44.1 Å². The van der Waals surface area contributed by atoms with Gasteiger partial charge in [-0.3, -0.25) is 14.3 Å². The quantitative estimate of drug-likeness (QED) is 0.395. The molecule has 0 saturated heterocycles. The molecule has 2 N–H and O–H groups in total. The number of hydrogen-bond donors (Lipinski definition) is 2. The largest absolute Gasteiger partial charge is 0.361 e. The van der Waals surface area contributed by atoms with E-state index in [1.165, 1.54) is 22.3 Å². The average molecular weight is 493 g/mol. The third-order valence-electron chi connectivity index (χ3n) is 6.45. The molecule has 8 nitrogen and oxygen atoms in total. The summed E-state index contributed by atoms with van der Waals surface area (Å²) < 4.78 is 32.1. The van der Waals surface area contributed by atoms with Gasteiger partial charge in [0.25, 0.3) is 0 Å². The first-order valence-corrected chi connectivity index (χ1v) is 11.8. The van der Waals surface area contributed by atoms with Gasteiger partial charge in [-0.05, 0) is 36.1 Å². The molecule has 36 heavy (non-hydrogen) atoms. The van der Waals surface area contributed by atoms with E-state index in [4.69, 9.17) is 0 Å². The average Bonchev–Trinajstić information content (AvgIpc) is 3.52. The Bertz CT molecular complexity index is 1430. The number of fused-ring (bicyclic) bond motifs is 1. The van der Waals surface area contributed by atoms with Crippen molar-refractivity contribution in [1.29, 1.82) is 0 Å². The molecule has 3 heterocycles. The molecular formula is C26H26F2N6O2. The van der Waals surface area contributed by atoms with Crippen molar-refractivity contribution in [3.8, 4) is 11.3 Å². The van der Waals surface area contributed by atoms with Gasteiger partial charge in [0.05, 0.1) is 18.6 Å². The van der Waals surface area contributed by atoms with E-state index >= 15 is 0 Å². The highest BCUT2D eigenvalue weighted by molar-refractivity contribution is 5.83. The second-order valence-corrected chi connectivity index (χ2v) is 8.75. The van der Waals surface area contributed by atoms with E-state index in [0.717, 1.165) is 18.1 Å². The Morgan fingerprint density at radius 2 is 1.92 bits per heavy atom. The topological polar surface area (TPSA) is 87.9 Å². The molecule has 0 radical (unpaired) electrons. The number of carbonyl (C=O) groups is 1. The molecule has 4 aromatic rings. The molecule has 0 spiro atoms. The predicted molar refractivity (Wildman–Crippen MR) is 131 cm³/mol. The lowest BCUT2D eigenvalue weighted by atomic mass is 10.00. The summed E-state index contributed by atoms with van der Waals surface area (Å²) in [6, 6.07) is 11.8. The molecule has 0 unspecified atom stereocenters. The van der Waals surface area contributed by atoms with Crippen molar-refractivity contribution in [3.63, 3.8) is 0 Å². The highest BCUT2D eigenvalue weighted by atomic mass is 19.2. The molecule has 1 amide bonds. The number of hydrogen-bond acceptors (Lipinski definition) is 4. The molecule has 0 fully saturated rings. The van der Waals surface area contributed by atoms with Crippen molar-refractivity contribution in [3.05, 3.63) is 94.4 Å². The summed E-state index contributed by atoms with van der Waals surface area (Å²) in [5, 5.41) is 2.97. The number of aromatic amines is 1. The minimum absolute atomic E-state index is 0.0576. The van der Waals surface area contributed by atoms with E-state index in [-0.39, 0.29) is 36.1 Å². The summed E-state index contributed by atoms with van der Waals surface area (Å²) in [7, 11) is 0. The molecule has 1 aliphatic heterocycles. The number of aromatic nitrogens is 4. The van der Waals surface area contributed by atoms with Crippen molar-refractivity contribution in [1.82, 2.24) is 24.0 Å². The first kappa shape index (κ1) is 23.5. The van der Waals surface area contributed by atoms with Crippen LogP contribution in [0.5, 0.6) is 0 Å². The van der Waals surface area contributed by atoms with Gasteiger partial charge in [0.15, 0.2) is 11.6 Å². The van der Waals surface area contributed by atoms with Crippen molar-refractivity contribution in [2.75, 3.05) is 18.4 Å². The monoisotopic (exact) mass is 492 g/mol. The summed E-state index contributed by atoms with van der Waals surface area (Å²) in [6.07, 6.45) is 6.47. The molecule has 0 saturated carbocycles. The van der Waals surface area contributed by atoms with Gasteiger partial charge in [0.2, 0.25) is 5.91 Å². The van der Waals surface area contributed by atoms with Crippen molar-refractivity contribution < 1.29 is 13.6 Å². The summed E-state index contributed by atoms with van der Waals surface area (Å²) in [4.78, 5) is 34.3. The number of H-pyrrole nitrogens is 1. The van der Waals surface area contributed by atoms with Gasteiger partial charge in [-0.25, -0.2) is 18.6 Å². The van der Waals surface area contributed by atoms with E-state index in [1.807, 2.05) is 29.0 Å². The Kier molecular flexibility index (Phi) is 6.66. The summed E-state index contributed by atoms with van der Waals surface area (Å²) in [5.41, 5.74) is 1.99. The van der Waals surface area contributed by atoms with Crippen LogP contribution in [0.3, 0.4) is 0 Å². The fourth-order valence-electron chi connectivity index (χ4n) is 4.59. The van der Waals surface area contributed by atoms with Crippen molar-refractivity contribution >= 4 is 11.7 Å². The van der Waals surface area contributed by atoms with Gasteiger partial charge in [-0.1, -0.05) is 30.3 Å². The maximum Gasteiger partial charge on any atom is 0.327 e. The number of amides is 1. The molecule has 2 aromatic carbocycles. The second kappa shape index (κ2) is 10.2. The molecule has 0 atom stereocenters. The summed E-state index contributed by atoms with van der Waals surface area (Å²) >= 11 is 0. The summed E-state index contributed by atoms with van der Waals surface area (Å²) in [6.45, 7) is 1.86. The van der Waals surface area contributed by atoms with Crippen molar-refractivity contribution in [2.24, 2.45) is 0 Å². The van der Waals surface area contributed by atoms with Crippen molar-refractivity contribution in [2.45, 2.75) is 32.5 Å². The first-order chi connectivity index (χ1) is 17.5. The smallest absolute Gasteiger partial charge is 0.327 e. The van der Waals surface area contributed by atoms with E-state index in [2.05, 4.69) is 21.4 Å². The van der Waals surface area contributed by atoms with E-state index in [1.54, 1.807) is 17.4 Å². The maximum absolute atomic E-state index is 14.8. The molecule has 186 valence electrons. The Balaban J connectivity index is 1.37. The fourth-order valence-corrected chi connectivity index (χ4v) is 4.59. The SMILES string of the molecule is O=C(CNc1[nH]c(=O)n(CCCn2ccnc2)c1-c1cccc(F)c1F)N1CCc2ccccc2C1. The van der Waals surface area contributed by atoms with Gasteiger partial charge in [-0.2, -0.15) is 0 Å². The number of rotatable bonds is 8. The Hall–Kier alpha value is -4.21. The normalized spacial score (nSPS) is 13.0. The molecule has 0 aliphatic carbocycles. The van der Waals surface area contributed by atoms with Crippen LogP contribution in [0, 0.1) is 11.6 Å². The lowest BCUT2D eigenvalue weighted by Crippen LogP contribution is -2.39. The number of halogens is 2. The fraction of sp³-hybridized carbons (Fsp3) is 0.269. The molecule has 1 aliphatic rings. The Morgan fingerprint density at radius 3 is 2.72 bits per heavy atom. The van der Waals surface area contributed by atoms with E-state index in [9.17, 15) is 18.4 Å². The van der Waals surface area contributed by atoms with Crippen LogP contribution in [-0.4, -0.2) is 43.0 Å². The number of nitrogens with one attached hydrogen (secondary N) is 2. The number of aryl methyl sites for hydroxylation is 1. The van der Waals surface area contributed by atoms with Crippen LogP contribution in [0.1, 0.15) is 17.5 Å². The van der Waals surface area contributed by atoms with Crippen LogP contribution < -0.4 is 11.0 Å². The zero-order valence-electron chi connectivity index (χ0n) is 19.6. The molecule has 10 heteroatoms. The van der Waals surface area contributed by atoms with Crippen LogP contribution in [-0.2, 0) is 30.8 Å². The molecule has 2 aromatic heterocycles. The predicted octanol–water partition coefficient (Wildman–Crippen LogP) is 3.41. The standard InChI is InChI=1S/C26H26F2N6O2/c27-21-8-3-7-20(23(21)28)24-25(31-26(36)34(24)12-4-11-32-14-10-29-17-32)30-15-22(35)33-13-9-18-5-1-2-6-19(18)16-33/h1-3,5-8,10,14,17,30H,4,9,11-13,15-16H2,(H,31,36). The maximum atomic E-state index is 14.8. The molecule has 0 bridgehead atoms. The molecule has 5 rings (SSSR count). The van der Waals surface area contributed by atoms with Crippen LogP contribution in [0.4, 0.5) is 14.6 Å². The lowest BCUT2D eigenvalue weighted by molar-refractivity contribution is -0.130.